The van der Waals surface area contributed by atoms with Gasteiger partial charge < -0.3 is 10.4 Å². The third-order valence-corrected chi connectivity index (χ3v) is 3.76. The van der Waals surface area contributed by atoms with Gasteiger partial charge in [-0.05, 0) is 61.4 Å². The van der Waals surface area contributed by atoms with Crippen LogP contribution >= 0.6 is 15.9 Å². The first-order valence-corrected chi connectivity index (χ1v) is 6.64. The number of halogens is 1. The van der Waals surface area contributed by atoms with Crippen molar-refractivity contribution in [2.45, 2.75) is 13.8 Å². The Kier molecular flexibility index (Phi) is 3.90. The maximum Gasteiger partial charge on any atom is 0.255 e. The molecule has 0 aliphatic heterocycles. The number of carbonyl (C=O) groups excluding carboxylic acids is 1. The quantitative estimate of drug-likeness (QED) is 0.878. The fraction of sp³-hybridized carbons (Fsp3) is 0.133. The van der Waals surface area contributed by atoms with Crippen molar-refractivity contribution >= 4 is 27.5 Å². The van der Waals surface area contributed by atoms with E-state index in [9.17, 15) is 9.90 Å². The first kappa shape index (κ1) is 13.6. The summed E-state index contributed by atoms with van der Waals surface area (Å²) in [7, 11) is 0. The molecular formula is C15H14BrNO2. The van der Waals surface area contributed by atoms with E-state index in [4.69, 9.17) is 0 Å². The fourth-order valence-corrected chi connectivity index (χ4v) is 1.97. The van der Waals surface area contributed by atoms with E-state index in [0.29, 0.717) is 11.1 Å². The van der Waals surface area contributed by atoms with Gasteiger partial charge in [0.2, 0.25) is 0 Å². The Morgan fingerprint density at radius 1 is 1.11 bits per heavy atom. The minimum atomic E-state index is -0.190. The van der Waals surface area contributed by atoms with E-state index in [0.717, 1.165) is 15.7 Å². The Morgan fingerprint density at radius 3 is 2.47 bits per heavy atom. The van der Waals surface area contributed by atoms with Gasteiger partial charge in [-0.1, -0.05) is 15.9 Å². The lowest BCUT2D eigenvalue weighted by Gasteiger charge is -2.08. The molecule has 2 aromatic rings. The summed E-state index contributed by atoms with van der Waals surface area (Å²) < 4.78 is 1.01. The van der Waals surface area contributed by atoms with E-state index in [-0.39, 0.29) is 11.7 Å². The zero-order valence-corrected chi connectivity index (χ0v) is 12.3. The van der Waals surface area contributed by atoms with Gasteiger partial charge in [-0.15, -0.1) is 0 Å². The van der Waals surface area contributed by atoms with Gasteiger partial charge in [-0.3, -0.25) is 4.79 Å². The van der Waals surface area contributed by atoms with Crippen LogP contribution in [-0.4, -0.2) is 11.0 Å². The highest BCUT2D eigenvalue weighted by Gasteiger charge is 2.08. The van der Waals surface area contributed by atoms with Crippen molar-refractivity contribution < 1.29 is 9.90 Å². The van der Waals surface area contributed by atoms with Crippen molar-refractivity contribution in [3.8, 4) is 5.75 Å². The van der Waals surface area contributed by atoms with Crippen molar-refractivity contribution in [1.29, 1.82) is 0 Å². The first-order valence-electron chi connectivity index (χ1n) is 5.84. The second-order valence-electron chi connectivity index (χ2n) is 4.42. The van der Waals surface area contributed by atoms with E-state index in [1.807, 2.05) is 25.1 Å². The Morgan fingerprint density at radius 2 is 1.84 bits per heavy atom. The van der Waals surface area contributed by atoms with Gasteiger partial charge in [0.15, 0.2) is 0 Å². The molecular weight excluding hydrogens is 306 g/mol. The highest BCUT2D eigenvalue weighted by Crippen LogP contribution is 2.21. The number of aryl methyl sites for hydroxylation is 2. The van der Waals surface area contributed by atoms with E-state index >= 15 is 0 Å². The normalized spacial score (nSPS) is 10.3. The summed E-state index contributed by atoms with van der Waals surface area (Å²) in [6.45, 7) is 3.72. The second kappa shape index (κ2) is 5.45. The molecule has 0 bridgehead atoms. The van der Waals surface area contributed by atoms with Crippen molar-refractivity contribution in [2.24, 2.45) is 0 Å². The Hall–Kier alpha value is -1.81. The van der Waals surface area contributed by atoms with E-state index < -0.39 is 0 Å². The lowest BCUT2D eigenvalue weighted by atomic mass is 10.1. The number of nitrogens with one attached hydrogen (secondary N) is 1. The molecule has 0 saturated heterocycles. The molecule has 0 atom stereocenters. The van der Waals surface area contributed by atoms with Crippen LogP contribution in [0.15, 0.2) is 40.9 Å². The van der Waals surface area contributed by atoms with Crippen LogP contribution < -0.4 is 5.32 Å². The highest BCUT2D eigenvalue weighted by atomic mass is 79.9. The number of anilines is 1. The molecule has 0 aromatic heterocycles. The number of hydrogen-bond donors (Lipinski definition) is 2. The molecule has 0 radical (unpaired) electrons. The third kappa shape index (κ3) is 3.15. The van der Waals surface area contributed by atoms with Gasteiger partial charge in [-0.2, -0.15) is 0 Å². The smallest absolute Gasteiger partial charge is 0.255 e. The number of phenols is 1. The standard InChI is InChI=1S/C15H14BrNO2/c1-9-8-12(4-5-13(9)16)17-15(19)11-3-6-14(18)10(2)7-11/h3-8,18H,1-2H3,(H,17,19). The second-order valence-corrected chi connectivity index (χ2v) is 5.27. The lowest BCUT2D eigenvalue weighted by Crippen LogP contribution is -2.12. The summed E-state index contributed by atoms with van der Waals surface area (Å²) in [5.74, 6) is 0.000795. The van der Waals surface area contributed by atoms with Crippen LogP contribution in [0.1, 0.15) is 21.5 Å². The number of hydrogen-bond acceptors (Lipinski definition) is 2. The lowest BCUT2D eigenvalue weighted by molar-refractivity contribution is 0.102. The SMILES string of the molecule is Cc1cc(C(=O)Nc2ccc(Br)c(C)c2)ccc1O. The number of carbonyl (C=O) groups is 1. The van der Waals surface area contributed by atoms with Gasteiger partial charge in [0.05, 0.1) is 0 Å². The summed E-state index contributed by atoms with van der Waals surface area (Å²) in [6, 6.07) is 10.4. The van der Waals surface area contributed by atoms with Crippen molar-refractivity contribution in [3.63, 3.8) is 0 Å². The molecule has 2 N–H and O–H groups in total. The maximum absolute atomic E-state index is 12.1. The van der Waals surface area contributed by atoms with Crippen LogP contribution in [0.5, 0.6) is 5.75 Å². The monoisotopic (exact) mass is 319 g/mol. The molecule has 3 nitrogen and oxygen atoms in total. The average molecular weight is 320 g/mol. The van der Waals surface area contributed by atoms with Crippen LogP contribution in [0.4, 0.5) is 5.69 Å². The minimum Gasteiger partial charge on any atom is -0.508 e. The molecule has 0 unspecified atom stereocenters. The largest absolute Gasteiger partial charge is 0.508 e. The van der Waals surface area contributed by atoms with Gasteiger partial charge in [0.1, 0.15) is 5.75 Å². The molecule has 2 rings (SSSR count). The molecule has 19 heavy (non-hydrogen) atoms. The Bertz CT molecular complexity index is 638. The van der Waals surface area contributed by atoms with Gasteiger partial charge >= 0.3 is 0 Å². The predicted octanol–water partition coefficient (Wildman–Crippen LogP) is 4.02. The number of benzene rings is 2. The molecule has 4 heteroatoms. The zero-order chi connectivity index (χ0) is 14.0. The van der Waals surface area contributed by atoms with Crippen LogP contribution in [0, 0.1) is 13.8 Å². The van der Waals surface area contributed by atoms with Gasteiger partial charge in [-0.25, -0.2) is 0 Å². The summed E-state index contributed by atoms with van der Waals surface area (Å²) in [4.78, 5) is 12.1. The topological polar surface area (TPSA) is 49.3 Å². The molecule has 0 spiro atoms. The number of phenolic OH excluding ortho intramolecular Hbond substituents is 1. The van der Waals surface area contributed by atoms with Crippen LogP contribution in [0.2, 0.25) is 0 Å². The van der Waals surface area contributed by atoms with Crippen molar-refractivity contribution in [1.82, 2.24) is 0 Å². The van der Waals surface area contributed by atoms with Gasteiger partial charge in [0, 0.05) is 15.7 Å². The van der Waals surface area contributed by atoms with E-state index in [2.05, 4.69) is 21.2 Å². The molecule has 1 amide bonds. The number of amides is 1. The van der Waals surface area contributed by atoms with Crippen molar-refractivity contribution in [2.75, 3.05) is 5.32 Å². The average Bonchev–Trinajstić information content (AvgIpc) is 2.37. The molecule has 0 heterocycles. The molecule has 2 aromatic carbocycles. The van der Waals surface area contributed by atoms with E-state index in [1.165, 1.54) is 6.07 Å². The molecule has 0 fully saturated rings. The Labute approximate surface area is 120 Å². The van der Waals surface area contributed by atoms with Crippen LogP contribution in [0.3, 0.4) is 0 Å². The molecule has 98 valence electrons. The van der Waals surface area contributed by atoms with Crippen LogP contribution in [0.25, 0.3) is 0 Å². The van der Waals surface area contributed by atoms with Crippen LogP contribution in [-0.2, 0) is 0 Å². The summed E-state index contributed by atoms with van der Waals surface area (Å²) >= 11 is 3.42. The number of aromatic hydroxyl groups is 1. The highest BCUT2D eigenvalue weighted by molar-refractivity contribution is 9.10. The fourth-order valence-electron chi connectivity index (χ4n) is 1.72. The molecule has 0 aliphatic carbocycles. The minimum absolute atomic E-state index is 0.190. The van der Waals surface area contributed by atoms with Gasteiger partial charge in [0.25, 0.3) is 5.91 Å². The first-order chi connectivity index (χ1) is 8.97. The maximum atomic E-state index is 12.1. The van der Waals surface area contributed by atoms with Crippen molar-refractivity contribution in [3.05, 3.63) is 57.6 Å². The Balaban J connectivity index is 2.20. The summed E-state index contributed by atoms with van der Waals surface area (Å²) in [6.07, 6.45) is 0. The summed E-state index contributed by atoms with van der Waals surface area (Å²) in [5.41, 5.74) is 3.01. The third-order valence-electron chi connectivity index (χ3n) is 2.87. The zero-order valence-electron chi connectivity index (χ0n) is 10.7. The molecule has 0 saturated carbocycles. The predicted molar refractivity (Wildman–Crippen MR) is 79.7 cm³/mol. The summed E-state index contributed by atoms with van der Waals surface area (Å²) in [5, 5.41) is 12.3. The van der Waals surface area contributed by atoms with E-state index in [1.54, 1.807) is 19.1 Å². The molecule has 0 aliphatic rings. The number of rotatable bonds is 2.